The van der Waals surface area contributed by atoms with Crippen molar-refractivity contribution in [3.63, 3.8) is 0 Å². The average Bonchev–Trinajstić information content (AvgIpc) is 2.24. The smallest absolute Gasteiger partial charge is 0.303 e. The molecular formula is C11H17N3O2. The summed E-state index contributed by atoms with van der Waals surface area (Å²) in [6, 6.07) is 1.84. The fourth-order valence-electron chi connectivity index (χ4n) is 1.41. The van der Waals surface area contributed by atoms with Crippen molar-refractivity contribution in [1.29, 1.82) is 0 Å². The molecule has 0 saturated carbocycles. The van der Waals surface area contributed by atoms with Crippen LogP contribution in [0.25, 0.3) is 0 Å². The van der Waals surface area contributed by atoms with E-state index in [4.69, 9.17) is 5.11 Å². The highest BCUT2D eigenvalue weighted by molar-refractivity contribution is 5.67. The second-order valence-electron chi connectivity index (χ2n) is 3.80. The van der Waals surface area contributed by atoms with Crippen LogP contribution in [0.15, 0.2) is 12.4 Å². The Morgan fingerprint density at radius 2 is 2.31 bits per heavy atom. The molecule has 1 heterocycles. The molecule has 5 heteroatoms. The lowest BCUT2D eigenvalue weighted by atomic mass is 10.0. The van der Waals surface area contributed by atoms with Crippen molar-refractivity contribution in [3.05, 3.63) is 18.1 Å². The van der Waals surface area contributed by atoms with Crippen molar-refractivity contribution < 1.29 is 9.90 Å². The van der Waals surface area contributed by atoms with Crippen LogP contribution in [-0.4, -0.2) is 27.6 Å². The summed E-state index contributed by atoms with van der Waals surface area (Å²) in [6.45, 7) is 4.50. The summed E-state index contributed by atoms with van der Waals surface area (Å²) in [7, 11) is 0. The summed E-state index contributed by atoms with van der Waals surface area (Å²) < 4.78 is 0. The highest BCUT2D eigenvalue weighted by atomic mass is 16.4. The standard InChI is InChI=1S/C11H17N3O2/c1-3-9(5-11(15)16)6-12-10-4-8(2)13-7-14-10/h4,7,9H,3,5-6H2,1-2H3,(H,15,16)(H,12,13,14). The Balaban J connectivity index is 2.46. The molecule has 0 saturated heterocycles. The number of carboxylic acid groups (broad SMARTS) is 1. The second-order valence-corrected chi connectivity index (χ2v) is 3.80. The van der Waals surface area contributed by atoms with Crippen molar-refractivity contribution in [2.75, 3.05) is 11.9 Å². The summed E-state index contributed by atoms with van der Waals surface area (Å²) in [6.07, 6.45) is 2.52. The van der Waals surface area contributed by atoms with Crippen molar-refractivity contribution in [3.8, 4) is 0 Å². The third kappa shape index (κ3) is 4.25. The van der Waals surface area contributed by atoms with Gasteiger partial charge in [-0.2, -0.15) is 0 Å². The Hall–Kier alpha value is -1.65. The third-order valence-corrected chi connectivity index (χ3v) is 2.42. The van der Waals surface area contributed by atoms with Crippen LogP contribution in [-0.2, 0) is 4.79 Å². The number of aromatic nitrogens is 2. The fourth-order valence-corrected chi connectivity index (χ4v) is 1.41. The van der Waals surface area contributed by atoms with Crippen LogP contribution >= 0.6 is 0 Å². The maximum Gasteiger partial charge on any atom is 0.303 e. The molecule has 0 aromatic carbocycles. The average molecular weight is 223 g/mol. The highest BCUT2D eigenvalue weighted by Crippen LogP contribution is 2.10. The number of carboxylic acids is 1. The van der Waals surface area contributed by atoms with Crippen molar-refractivity contribution in [2.24, 2.45) is 5.92 Å². The van der Waals surface area contributed by atoms with E-state index in [2.05, 4.69) is 15.3 Å². The van der Waals surface area contributed by atoms with Crippen LogP contribution in [0.3, 0.4) is 0 Å². The molecule has 2 N–H and O–H groups in total. The van der Waals surface area contributed by atoms with Gasteiger partial charge in [-0.1, -0.05) is 13.3 Å². The SMILES string of the molecule is CCC(CNc1cc(C)ncn1)CC(=O)O. The van der Waals surface area contributed by atoms with E-state index < -0.39 is 5.97 Å². The number of nitrogens with one attached hydrogen (secondary N) is 1. The molecule has 1 unspecified atom stereocenters. The highest BCUT2D eigenvalue weighted by Gasteiger charge is 2.10. The molecule has 1 atom stereocenters. The van der Waals surface area contributed by atoms with E-state index in [0.717, 1.165) is 17.9 Å². The van der Waals surface area contributed by atoms with Crippen LogP contribution in [0, 0.1) is 12.8 Å². The van der Waals surface area contributed by atoms with E-state index in [1.165, 1.54) is 6.33 Å². The summed E-state index contributed by atoms with van der Waals surface area (Å²) in [5.41, 5.74) is 0.892. The number of nitrogens with zero attached hydrogens (tertiary/aromatic N) is 2. The zero-order valence-electron chi connectivity index (χ0n) is 9.60. The number of aryl methyl sites for hydroxylation is 1. The summed E-state index contributed by atoms with van der Waals surface area (Å²) >= 11 is 0. The Morgan fingerprint density at radius 1 is 1.56 bits per heavy atom. The topological polar surface area (TPSA) is 75.1 Å². The molecule has 1 aromatic heterocycles. The van der Waals surface area contributed by atoms with Gasteiger partial charge in [-0.3, -0.25) is 4.79 Å². The van der Waals surface area contributed by atoms with Crippen LogP contribution < -0.4 is 5.32 Å². The molecule has 0 aliphatic heterocycles. The zero-order valence-corrected chi connectivity index (χ0v) is 9.60. The van der Waals surface area contributed by atoms with Gasteiger partial charge >= 0.3 is 5.97 Å². The van der Waals surface area contributed by atoms with Gasteiger partial charge in [-0.15, -0.1) is 0 Å². The molecule has 16 heavy (non-hydrogen) atoms. The molecule has 0 spiro atoms. The number of carbonyl (C=O) groups is 1. The Morgan fingerprint density at radius 3 is 2.88 bits per heavy atom. The predicted molar refractivity (Wildman–Crippen MR) is 61.3 cm³/mol. The Kier molecular flexibility index (Phi) is 4.69. The predicted octanol–water partition coefficient (Wildman–Crippen LogP) is 1.70. The van der Waals surface area contributed by atoms with Crippen molar-refractivity contribution in [1.82, 2.24) is 9.97 Å². The van der Waals surface area contributed by atoms with Gasteiger partial charge in [0.1, 0.15) is 12.1 Å². The molecule has 5 nitrogen and oxygen atoms in total. The van der Waals surface area contributed by atoms with E-state index in [9.17, 15) is 4.79 Å². The lowest BCUT2D eigenvalue weighted by molar-refractivity contribution is -0.138. The van der Waals surface area contributed by atoms with Crippen molar-refractivity contribution >= 4 is 11.8 Å². The van der Waals surface area contributed by atoms with E-state index >= 15 is 0 Å². The quantitative estimate of drug-likeness (QED) is 0.767. The Bertz CT molecular complexity index is 355. The van der Waals surface area contributed by atoms with Crippen LogP contribution in [0.4, 0.5) is 5.82 Å². The molecule has 0 fully saturated rings. The first-order chi connectivity index (χ1) is 7.61. The summed E-state index contributed by atoms with van der Waals surface area (Å²) in [5.74, 6) is 0.122. The van der Waals surface area contributed by atoms with Gasteiger partial charge in [0.05, 0.1) is 0 Å². The molecule has 1 aromatic rings. The number of rotatable bonds is 6. The van der Waals surface area contributed by atoms with E-state index in [-0.39, 0.29) is 12.3 Å². The minimum atomic E-state index is -0.757. The van der Waals surface area contributed by atoms with E-state index in [0.29, 0.717) is 6.54 Å². The molecule has 0 aliphatic carbocycles. The van der Waals surface area contributed by atoms with E-state index in [1.54, 1.807) is 0 Å². The molecule has 0 radical (unpaired) electrons. The normalized spacial score (nSPS) is 12.1. The monoisotopic (exact) mass is 223 g/mol. The first-order valence-corrected chi connectivity index (χ1v) is 5.36. The van der Waals surface area contributed by atoms with E-state index in [1.807, 2.05) is 19.9 Å². The first-order valence-electron chi connectivity index (χ1n) is 5.36. The number of hydrogen-bond donors (Lipinski definition) is 2. The molecule has 0 amide bonds. The van der Waals surface area contributed by atoms with Gasteiger partial charge in [0.25, 0.3) is 0 Å². The largest absolute Gasteiger partial charge is 0.481 e. The molecule has 0 aliphatic rings. The molecular weight excluding hydrogens is 206 g/mol. The first kappa shape index (κ1) is 12.4. The van der Waals surface area contributed by atoms with Gasteiger partial charge in [0.2, 0.25) is 0 Å². The van der Waals surface area contributed by atoms with Crippen LogP contribution in [0.5, 0.6) is 0 Å². The summed E-state index contributed by atoms with van der Waals surface area (Å²) in [4.78, 5) is 18.6. The van der Waals surface area contributed by atoms with Crippen LogP contribution in [0.2, 0.25) is 0 Å². The fraction of sp³-hybridized carbons (Fsp3) is 0.545. The van der Waals surface area contributed by atoms with Crippen molar-refractivity contribution in [2.45, 2.75) is 26.7 Å². The lowest BCUT2D eigenvalue weighted by Crippen LogP contribution is -2.17. The minimum absolute atomic E-state index is 0.132. The number of hydrogen-bond acceptors (Lipinski definition) is 4. The van der Waals surface area contributed by atoms with Gasteiger partial charge in [0.15, 0.2) is 0 Å². The zero-order chi connectivity index (χ0) is 12.0. The Labute approximate surface area is 94.9 Å². The molecule has 88 valence electrons. The minimum Gasteiger partial charge on any atom is -0.481 e. The van der Waals surface area contributed by atoms with Gasteiger partial charge in [0, 0.05) is 24.7 Å². The molecule has 0 bridgehead atoms. The van der Waals surface area contributed by atoms with Gasteiger partial charge in [-0.25, -0.2) is 9.97 Å². The third-order valence-electron chi connectivity index (χ3n) is 2.42. The molecule has 1 rings (SSSR count). The lowest BCUT2D eigenvalue weighted by Gasteiger charge is -2.13. The summed E-state index contributed by atoms with van der Waals surface area (Å²) in [5, 5.41) is 11.8. The maximum absolute atomic E-state index is 10.6. The van der Waals surface area contributed by atoms with Gasteiger partial charge in [-0.05, 0) is 12.8 Å². The number of aliphatic carboxylic acids is 1. The number of anilines is 1. The van der Waals surface area contributed by atoms with Crippen LogP contribution in [0.1, 0.15) is 25.5 Å². The van der Waals surface area contributed by atoms with Gasteiger partial charge < -0.3 is 10.4 Å². The second kappa shape index (κ2) is 6.05. The maximum atomic E-state index is 10.6.